The van der Waals surface area contributed by atoms with Crippen LogP contribution in [0.5, 0.6) is 0 Å². The summed E-state index contributed by atoms with van der Waals surface area (Å²) in [4.78, 5) is 4.11. The van der Waals surface area contributed by atoms with Crippen molar-refractivity contribution >= 4 is 27.5 Å². The SMILES string of the molecule is CCC(c1ccc(Br)cc1Cl)C(C#N)c1cccnc1. The number of nitrogens with zero attached hydrogens (tertiary/aromatic N) is 2. The zero-order valence-electron chi connectivity index (χ0n) is 11.1. The topological polar surface area (TPSA) is 36.7 Å². The van der Waals surface area contributed by atoms with Crippen LogP contribution in [0.15, 0.2) is 47.2 Å². The maximum Gasteiger partial charge on any atom is 0.0796 e. The van der Waals surface area contributed by atoms with Gasteiger partial charge in [-0.05, 0) is 35.7 Å². The molecule has 2 rings (SSSR count). The second-order valence-electron chi connectivity index (χ2n) is 4.57. The summed E-state index contributed by atoms with van der Waals surface area (Å²) in [5.41, 5.74) is 1.94. The highest BCUT2D eigenvalue weighted by molar-refractivity contribution is 9.10. The van der Waals surface area contributed by atoms with Gasteiger partial charge >= 0.3 is 0 Å². The Morgan fingerprint density at radius 2 is 2.20 bits per heavy atom. The average molecular weight is 350 g/mol. The summed E-state index contributed by atoms with van der Waals surface area (Å²) in [7, 11) is 0. The molecule has 0 spiro atoms. The van der Waals surface area contributed by atoms with Crippen molar-refractivity contribution in [2.45, 2.75) is 25.2 Å². The molecule has 0 amide bonds. The summed E-state index contributed by atoms with van der Waals surface area (Å²) >= 11 is 9.74. The molecule has 0 N–H and O–H groups in total. The molecule has 1 heterocycles. The van der Waals surface area contributed by atoms with Crippen LogP contribution < -0.4 is 0 Å². The van der Waals surface area contributed by atoms with Gasteiger partial charge in [0.15, 0.2) is 0 Å². The van der Waals surface area contributed by atoms with Gasteiger partial charge < -0.3 is 0 Å². The molecule has 0 aliphatic rings. The minimum Gasteiger partial charge on any atom is -0.264 e. The van der Waals surface area contributed by atoms with E-state index < -0.39 is 0 Å². The molecule has 0 aliphatic heterocycles. The minimum atomic E-state index is -0.243. The van der Waals surface area contributed by atoms with Crippen LogP contribution in [0.2, 0.25) is 5.02 Å². The van der Waals surface area contributed by atoms with Gasteiger partial charge in [-0.2, -0.15) is 5.26 Å². The quantitative estimate of drug-likeness (QED) is 0.751. The number of benzene rings is 1. The summed E-state index contributed by atoms with van der Waals surface area (Å²) in [6.07, 6.45) is 4.31. The minimum absolute atomic E-state index is 0.0600. The maximum atomic E-state index is 9.56. The molecule has 1 aromatic carbocycles. The number of hydrogen-bond donors (Lipinski definition) is 0. The van der Waals surface area contributed by atoms with Crippen LogP contribution in [0.3, 0.4) is 0 Å². The summed E-state index contributed by atoms with van der Waals surface area (Å²) in [5.74, 6) is -0.183. The van der Waals surface area contributed by atoms with Gasteiger partial charge in [-0.15, -0.1) is 0 Å². The first-order chi connectivity index (χ1) is 9.67. The van der Waals surface area contributed by atoms with Gasteiger partial charge in [0.25, 0.3) is 0 Å². The highest BCUT2D eigenvalue weighted by atomic mass is 79.9. The molecule has 20 heavy (non-hydrogen) atoms. The van der Waals surface area contributed by atoms with Crippen LogP contribution in [0.25, 0.3) is 0 Å². The molecule has 102 valence electrons. The summed E-state index contributed by atoms with van der Waals surface area (Å²) in [6.45, 7) is 2.07. The van der Waals surface area contributed by atoms with Crippen molar-refractivity contribution < 1.29 is 0 Å². The Bertz CT molecular complexity index is 622. The first-order valence-corrected chi connectivity index (χ1v) is 7.59. The van der Waals surface area contributed by atoms with Crippen LogP contribution in [0.1, 0.15) is 36.3 Å². The van der Waals surface area contributed by atoms with Crippen LogP contribution in [-0.2, 0) is 0 Å². The highest BCUT2D eigenvalue weighted by Gasteiger charge is 2.25. The lowest BCUT2D eigenvalue weighted by atomic mass is 9.81. The summed E-state index contributed by atoms with van der Waals surface area (Å²) in [6, 6.07) is 12.0. The van der Waals surface area contributed by atoms with E-state index in [0.29, 0.717) is 5.02 Å². The van der Waals surface area contributed by atoms with E-state index in [1.54, 1.807) is 12.4 Å². The first kappa shape index (κ1) is 15.0. The van der Waals surface area contributed by atoms with Gasteiger partial charge in [-0.3, -0.25) is 4.98 Å². The van der Waals surface area contributed by atoms with E-state index >= 15 is 0 Å². The second-order valence-corrected chi connectivity index (χ2v) is 5.90. The third-order valence-corrected chi connectivity index (χ3v) is 4.21. The lowest BCUT2D eigenvalue weighted by molar-refractivity contribution is 0.606. The van der Waals surface area contributed by atoms with Gasteiger partial charge in [-0.1, -0.05) is 46.6 Å². The Morgan fingerprint density at radius 1 is 1.40 bits per heavy atom. The normalized spacial score (nSPS) is 13.5. The van der Waals surface area contributed by atoms with Gasteiger partial charge in [0.2, 0.25) is 0 Å². The zero-order chi connectivity index (χ0) is 14.5. The molecule has 0 saturated heterocycles. The van der Waals surface area contributed by atoms with Crippen molar-refractivity contribution in [2.24, 2.45) is 0 Å². The fraction of sp³-hybridized carbons (Fsp3) is 0.250. The molecule has 0 bridgehead atoms. The summed E-state index contributed by atoms with van der Waals surface area (Å²) < 4.78 is 0.941. The van der Waals surface area contributed by atoms with Crippen LogP contribution in [-0.4, -0.2) is 4.98 Å². The van der Waals surface area contributed by atoms with E-state index in [2.05, 4.69) is 33.9 Å². The van der Waals surface area contributed by atoms with Gasteiger partial charge in [-0.25, -0.2) is 0 Å². The molecule has 2 unspecified atom stereocenters. The number of aromatic nitrogens is 1. The van der Waals surface area contributed by atoms with E-state index in [0.717, 1.165) is 22.0 Å². The van der Waals surface area contributed by atoms with Crippen molar-refractivity contribution in [3.63, 3.8) is 0 Å². The molecule has 2 aromatic rings. The predicted molar refractivity (Wildman–Crippen MR) is 84.8 cm³/mol. The van der Waals surface area contributed by atoms with Crippen molar-refractivity contribution in [1.82, 2.24) is 4.98 Å². The van der Waals surface area contributed by atoms with Crippen molar-refractivity contribution in [3.8, 4) is 6.07 Å². The first-order valence-electron chi connectivity index (χ1n) is 6.41. The smallest absolute Gasteiger partial charge is 0.0796 e. The van der Waals surface area contributed by atoms with Crippen molar-refractivity contribution in [1.29, 1.82) is 5.26 Å². The number of nitriles is 1. The van der Waals surface area contributed by atoms with E-state index in [9.17, 15) is 5.26 Å². The third-order valence-electron chi connectivity index (χ3n) is 3.39. The lowest BCUT2D eigenvalue weighted by Gasteiger charge is -2.22. The largest absolute Gasteiger partial charge is 0.264 e. The van der Waals surface area contributed by atoms with E-state index in [-0.39, 0.29) is 11.8 Å². The fourth-order valence-electron chi connectivity index (χ4n) is 2.39. The molecular formula is C16H14BrClN2. The Morgan fingerprint density at radius 3 is 2.75 bits per heavy atom. The second kappa shape index (κ2) is 6.88. The van der Waals surface area contributed by atoms with Crippen LogP contribution >= 0.6 is 27.5 Å². The maximum absolute atomic E-state index is 9.56. The van der Waals surface area contributed by atoms with Gasteiger partial charge in [0.1, 0.15) is 0 Å². The molecular weight excluding hydrogens is 336 g/mol. The Labute approximate surface area is 132 Å². The number of pyridine rings is 1. The van der Waals surface area contributed by atoms with Gasteiger partial charge in [0, 0.05) is 27.8 Å². The molecule has 4 heteroatoms. The average Bonchev–Trinajstić information content (AvgIpc) is 2.46. The molecule has 2 nitrogen and oxygen atoms in total. The van der Waals surface area contributed by atoms with Crippen molar-refractivity contribution in [2.75, 3.05) is 0 Å². The van der Waals surface area contributed by atoms with E-state index in [1.165, 1.54) is 0 Å². The number of hydrogen-bond acceptors (Lipinski definition) is 2. The van der Waals surface area contributed by atoms with Crippen molar-refractivity contribution in [3.05, 3.63) is 63.3 Å². The molecule has 1 aromatic heterocycles. The van der Waals surface area contributed by atoms with Gasteiger partial charge in [0.05, 0.1) is 12.0 Å². The summed E-state index contributed by atoms with van der Waals surface area (Å²) in [5, 5.41) is 10.2. The van der Waals surface area contributed by atoms with Crippen LogP contribution in [0, 0.1) is 11.3 Å². The van der Waals surface area contributed by atoms with E-state index in [1.807, 2.05) is 30.3 Å². The predicted octanol–water partition coefficient (Wildman–Crippen LogP) is 5.30. The molecule has 0 radical (unpaired) electrons. The standard InChI is InChI=1S/C16H14BrClN2/c1-2-13(14-6-5-12(17)8-16(14)18)15(9-19)11-4-3-7-20-10-11/h3-8,10,13,15H,2H2,1H3. The molecule has 2 atom stereocenters. The Balaban J connectivity index is 2.43. The number of halogens is 2. The number of rotatable bonds is 4. The monoisotopic (exact) mass is 348 g/mol. The Hall–Kier alpha value is -1.37. The third kappa shape index (κ3) is 3.20. The van der Waals surface area contributed by atoms with Crippen LogP contribution in [0.4, 0.5) is 0 Å². The zero-order valence-corrected chi connectivity index (χ0v) is 13.4. The van der Waals surface area contributed by atoms with E-state index in [4.69, 9.17) is 11.6 Å². The Kier molecular flexibility index (Phi) is 5.17. The lowest BCUT2D eigenvalue weighted by Crippen LogP contribution is -2.10. The highest BCUT2D eigenvalue weighted by Crippen LogP contribution is 2.38. The molecule has 0 fully saturated rings. The molecule has 0 saturated carbocycles. The fourth-order valence-corrected chi connectivity index (χ4v) is 3.21. The molecule has 0 aliphatic carbocycles.